The topological polar surface area (TPSA) is 40.6 Å². The van der Waals surface area contributed by atoms with Crippen LogP contribution in [0.1, 0.15) is 23.7 Å². The fourth-order valence-corrected chi connectivity index (χ4v) is 3.36. The highest BCUT2D eigenvalue weighted by Crippen LogP contribution is 2.18. The highest BCUT2D eigenvalue weighted by Gasteiger charge is 2.21. The molecule has 6 heteroatoms. The van der Waals surface area contributed by atoms with E-state index >= 15 is 0 Å². The number of hydrogen-bond acceptors (Lipinski definition) is 3. The first-order valence-electron chi connectivity index (χ1n) is 5.87. The molecule has 0 unspecified atom stereocenters. The largest absolute Gasteiger partial charge is 0.341 e. The predicted molar refractivity (Wildman–Crippen MR) is 79.8 cm³/mol. The number of carbonyl (C=O) groups excluding carboxylic acids is 2. The monoisotopic (exact) mass is 378 g/mol. The van der Waals surface area contributed by atoms with Crippen LogP contribution in [0.3, 0.4) is 0 Å². The van der Waals surface area contributed by atoms with Crippen molar-refractivity contribution in [3.8, 4) is 0 Å². The van der Waals surface area contributed by atoms with Gasteiger partial charge in [-0.25, -0.2) is 0 Å². The van der Waals surface area contributed by atoms with Crippen LogP contribution in [0, 0.1) is 2.88 Å². The van der Waals surface area contributed by atoms with Gasteiger partial charge in [0.1, 0.15) is 0 Å². The van der Waals surface area contributed by atoms with Gasteiger partial charge in [-0.05, 0) is 35.1 Å². The zero-order valence-electron chi connectivity index (χ0n) is 10.2. The molecule has 0 aliphatic carbocycles. The van der Waals surface area contributed by atoms with Crippen LogP contribution in [0.4, 0.5) is 0 Å². The Hall–Kier alpha value is -0.630. The molecule has 0 spiro atoms. The third-order valence-electron chi connectivity index (χ3n) is 3.04. The van der Waals surface area contributed by atoms with Crippen LogP contribution in [0.5, 0.6) is 0 Å². The lowest BCUT2D eigenvalue weighted by Crippen LogP contribution is -2.36. The third-order valence-corrected chi connectivity index (χ3v) is 4.83. The van der Waals surface area contributed by atoms with E-state index in [9.17, 15) is 9.59 Å². The molecule has 1 aromatic rings. The molecule has 0 atom stereocenters. The van der Waals surface area contributed by atoms with Crippen molar-refractivity contribution in [3.63, 3.8) is 0 Å². The highest BCUT2D eigenvalue weighted by atomic mass is 127. The lowest BCUT2D eigenvalue weighted by atomic mass is 10.3. The van der Waals surface area contributed by atoms with Crippen molar-refractivity contribution in [2.24, 2.45) is 0 Å². The van der Waals surface area contributed by atoms with Crippen LogP contribution in [0.15, 0.2) is 11.4 Å². The fraction of sp³-hybridized carbons (Fsp3) is 0.500. The lowest BCUT2D eigenvalue weighted by molar-refractivity contribution is -0.128. The van der Waals surface area contributed by atoms with Gasteiger partial charge in [0.2, 0.25) is 5.91 Å². The molecule has 1 aliphatic heterocycles. The molecule has 18 heavy (non-hydrogen) atoms. The summed E-state index contributed by atoms with van der Waals surface area (Å²) in [6, 6.07) is 1.92. The molecule has 98 valence electrons. The van der Waals surface area contributed by atoms with Gasteiger partial charge < -0.3 is 9.80 Å². The second-order valence-electron chi connectivity index (χ2n) is 4.29. The predicted octanol–water partition coefficient (Wildman–Crippen LogP) is 2.05. The molecule has 0 N–H and O–H groups in total. The first-order valence-corrected chi connectivity index (χ1v) is 7.82. The molecule has 1 aliphatic rings. The van der Waals surface area contributed by atoms with E-state index in [0.717, 1.165) is 28.0 Å². The lowest BCUT2D eigenvalue weighted by Gasteiger charge is -2.20. The number of amides is 2. The first kappa shape index (κ1) is 13.8. The Morgan fingerprint density at radius 2 is 1.89 bits per heavy atom. The van der Waals surface area contributed by atoms with E-state index in [1.54, 1.807) is 18.3 Å². The van der Waals surface area contributed by atoms with Gasteiger partial charge >= 0.3 is 0 Å². The molecule has 0 bridgehead atoms. The van der Waals surface area contributed by atoms with Gasteiger partial charge in [-0.2, -0.15) is 0 Å². The highest BCUT2D eigenvalue weighted by molar-refractivity contribution is 14.1. The Morgan fingerprint density at radius 3 is 2.50 bits per heavy atom. The van der Waals surface area contributed by atoms with Crippen molar-refractivity contribution >= 4 is 45.7 Å². The van der Waals surface area contributed by atoms with Crippen LogP contribution in [-0.2, 0) is 4.79 Å². The Bertz CT molecular complexity index is 461. The van der Waals surface area contributed by atoms with Crippen LogP contribution < -0.4 is 0 Å². The van der Waals surface area contributed by atoms with Gasteiger partial charge in [-0.1, -0.05) is 0 Å². The van der Waals surface area contributed by atoms with Crippen molar-refractivity contribution in [2.45, 2.75) is 13.3 Å². The van der Waals surface area contributed by atoms with E-state index in [0.29, 0.717) is 13.1 Å². The molecule has 1 aromatic heterocycles. The number of nitrogens with zero attached hydrogens (tertiary/aromatic N) is 2. The molecule has 4 nitrogen and oxygen atoms in total. The number of thiophene rings is 1. The van der Waals surface area contributed by atoms with E-state index in [2.05, 4.69) is 22.6 Å². The summed E-state index contributed by atoms with van der Waals surface area (Å²) in [4.78, 5) is 27.3. The van der Waals surface area contributed by atoms with E-state index < -0.39 is 0 Å². The average molecular weight is 378 g/mol. The smallest absolute Gasteiger partial charge is 0.254 e. The second kappa shape index (κ2) is 6.01. The molecule has 2 heterocycles. The quantitative estimate of drug-likeness (QED) is 0.702. The maximum atomic E-state index is 12.3. The summed E-state index contributed by atoms with van der Waals surface area (Å²) in [5.41, 5.74) is 0.765. The number of hydrogen-bond donors (Lipinski definition) is 0. The van der Waals surface area contributed by atoms with Gasteiger partial charge in [-0.3, -0.25) is 9.59 Å². The molecular formula is C12H15IN2O2S. The number of rotatable bonds is 1. The summed E-state index contributed by atoms with van der Waals surface area (Å²) in [6.07, 6.45) is 0.854. The van der Waals surface area contributed by atoms with Crippen LogP contribution in [0.2, 0.25) is 0 Å². The van der Waals surface area contributed by atoms with Crippen LogP contribution >= 0.6 is 33.9 Å². The van der Waals surface area contributed by atoms with Crippen molar-refractivity contribution in [1.82, 2.24) is 9.80 Å². The summed E-state index contributed by atoms with van der Waals surface area (Å²) in [5.74, 6) is 0.175. The van der Waals surface area contributed by atoms with Crippen LogP contribution in [-0.4, -0.2) is 47.8 Å². The Labute approximate surface area is 124 Å². The molecule has 2 amide bonds. The van der Waals surface area contributed by atoms with E-state index in [4.69, 9.17) is 0 Å². The molecule has 1 fully saturated rings. The van der Waals surface area contributed by atoms with Gasteiger partial charge in [0, 0.05) is 38.5 Å². The van der Waals surface area contributed by atoms with Gasteiger partial charge in [0.05, 0.1) is 8.45 Å². The second-order valence-corrected chi connectivity index (χ2v) is 7.10. The van der Waals surface area contributed by atoms with Gasteiger partial charge in [0.15, 0.2) is 0 Å². The SMILES string of the molecule is CC(=O)N1CCCN(C(=O)c2csc(I)c2)CC1. The average Bonchev–Trinajstić information content (AvgIpc) is 2.63. The van der Waals surface area contributed by atoms with Gasteiger partial charge in [0.25, 0.3) is 5.91 Å². The summed E-state index contributed by atoms with van der Waals surface area (Å²) < 4.78 is 1.12. The summed E-state index contributed by atoms with van der Waals surface area (Å²) in [6.45, 7) is 4.33. The molecule has 0 aromatic carbocycles. The first-order chi connectivity index (χ1) is 8.58. The van der Waals surface area contributed by atoms with E-state index in [1.807, 2.05) is 21.2 Å². The van der Waals surface area contributed by atoms with Crippen molar-refractivity contribution in [2.75, 3.05) is 26.2 Å². The van der Waals surface area contributed by atoms with Crippen molar-refractivity contribution in [1.29, 1.82) is 0 Å². The minimum Gasteiger partial charge on any atom is -0.341 e. The minimum atomic E-state index is 0.0829. The van der Waals surface area contributed by atoms with Crippen molar-refractivity contribution in [3.05, 3.63) is 19.9 Å². The maximum absolute atomic E-state index is 12.3. The Balaban J connectivity index is 2.02. The summed E-state index contributed by atoms with van der Waals surface area (Å²) in [5, 5.41) is 1.90. The molecular weight excluding hydrogens is 363 g/mol. The minimum absolute atomic E-state index is 0.0829. The van der Waals surface area contributed by atoms with Gasteiger partial charge in [-0.15, -0.1) is 11.3 Å². The normalized spacial score (nSPS) is 16.6. The Kier molecular flexibility index (Phi) is 4.60. The number of carbonyl (C=O) groups is 2. The molecule has 2 rings (SSSR count). The molecule has 1 saturated heterocycles. The molecule has 0 saturated carbocycles. The zero-order chi connectivity index (χ0) is 13.1. The van der Waals surface area contributed by atoms with E-state index in [1.165, 1.54) is 0 Å². The summed E-state index contributed by atoms with van der Waals surface area (Å²) >= 11 is 3.80. The number of halogens is 1. The zero-order valence-corrected chi connectivity index (χ0v) is 13.2. The maximum Gasteiger partial charge on any atom is 0.254 e. The molecule has 0 radical (unpaired) electrons. The van der Waals surface area contributed by atoms with Crippen LogP contribution in [0.25, 0.3) is 0 Å². The fourth-order valence-electron chi connectivity index (χ4n) is 2.04. The van der Waals surface area contributed by atoms with E-state index in [-0.39, 0.29) is 11.8 Å². The van der Waals surface area contributed by atoms with Crippen molar-refractivity contribution < 1.29 is 9.59 Å². The summed E-state index contributed by atoms with van der Waals surface area (Å²) in [7, 11) is 0. The Morgan fingerprint density at radius 1 is 1.22 bits per heavy atom. The third kappa shape index (κ3) is 3.23. The standard InChI is InChI=1S/C12H15IN2O2S/c1-9(16)14-3-2-4-15(6-5-14)12(17)10-7-11(13)18-8-10/h7-8H,2-6H2,1H3.